The topological polar surface area (TPSA) is 40.5 Å². The maximum Gasteiger partial charge on any atom is 0.254 e. The predicted molar refractivity (Wildman–Crippen MR) is 68.1 cm³/mol. The molecule has 17 heavy (non-hydrogen) atoms. The van der Waals surface area contributed by atoms with Crippen molar-refractivity contribution in [2.75, 3.05) is 6.54 Å². The van der Waals surface area contributed by atoms with E-state index in [1.807, 2.05) is 35.2 Å². The normalized spacial score (nSPS) is 35.3. The minimum Gasteiger partial charge on any atom is -0.391 e. The van der Waals surface area contributed by atoms with Gasteiger partial charge < -0.3 is 10.0 Å². The number of carbonyl (C=O) groups is 1. The van der Waals surface area contributed by atoms with Crippen LogP contribution in [0.4, 0.5) is 0 Å². The molecule has 1 saturated heterocycles. The molecule has 1 aromatic carbocycles. The van der Waals surface area contributed by atoms with E-state index < -0.39 is 0 Å². The summed E-state index contributed by atoms with van der Waals surface area (Å²) in [5, 5.41) is 10.0. The van der Waals surface area contributed by atoms with Crippen molar-refractivity contribution in [1.29, 1.82) is 0 Å². The van der Waals surface area contributed by atoms with Crippen LogP contribution in [0.1, 0.15) is 16.8 Å². The number of hydrogen-bond acceptors (Lipinski definition) is 2. The number of piperidine rings is 1. The number of carbonyl (C=O) groups excluding carboxylic acids is 1. The number of aliphatic hydroxyl groups is 1. The largest absolute Gasteiger partial charge is 0.391 e. The molecule has 1 aliphatic heterocycles. The van der Waals surface area contributed by atoms with Crippen LogP contribution >= 0.6 is 15.9 Å². The van der Waals surface area contributed by atoms with Gasteiger partial charge in [-0.05, 0) is 18.6 Å². The van der Waals surface area contributed by atoms with E-state index >= 15 is 0 Å². The zero-order valence-corrected chi connectivity index (χ0v) is 10.9. The van der Waals surface area contributed by atoms with E-state index in [0.717, 1.165) is 6.42 Å². The lowest BCUT2D eigenvalue weighted by molar-refractivity contribution is 0.0659. The first kappa shape index (κ1) is 11.2. The Morgan fingerprint density at radius 3 is 2.65 bits per heavy atom. The third kappa shape index (κ3) is 1.70. The summed E-state index contributed by atoms with van der Waals surface area (Å²) in [6.07, 6.45) is 0.594. The number of rotatable bonds is 1. The van der Waals surface area contributed by atoms with Crippen molar-refractivity contribution in [2.45, 2.75) is 23.4 Å². The Kier molecular flexibility index (Phi) is 2.71. The van der Waals surface area contributed by atoms with Crippen molar-refractivity contribution in [3.63, 3.8) is 0 Å². The molecule has 1 aliphatic carbocycles. The zero-order valence-electron chi connectivity index (χ0n) is 9.29. The van der Waals surface area contributed by atoms with Gasteiger partial charge in [-0.2, -0.15) is 0 Å². The molecule has 2 bridgehead atoms. The number of likely N-dealkylation sites (tertiary alicyclic amines) is 1. The number of fused-ring (bicyclic) bond motifs is 2. The van der Waals surface area contributed by atoms with Crippen LogP contribution in [0.2, 0.25) is 0 Å². The second kappa shape index (κ2) is 4.10. The third-order valence-electron chi connectivity index (χ3n) is 3.80. The first-order valence-electron chi connectivity index (χ1n) is 5.86. The minimum absolute atomic E-state index is 0.0290. The summed E-state index contributed by atoms with van der Waals surface area (Å²) in [5.74, 6) is 0.262. The van der Waals surface area contributed by atoms with Gasteiger partial charge in [0.25, 0.3) is 5.91 Å². The average molecular weight is 296 g/mol. The number of amides is 1. The average Bonchev–Trinajstić information content (AvgIpc) is 2.81. The number of hydrogen-bond donors (Lipinski definition) is 1. The van der Waals surface area contributed by atoms with Gasteiger partial charge in [-0.3, -0.25) is 4.79 Å². The summed E-state index contributed by atoms with van der Waals surface area (Å²) in [6.45, 7) is 0.682. The first-order valence-corrected chi connectivity index (χ1v) is 6.78. The van der Waals surface area contributed by atoms with Gasteiger partial charge in [0.1, 0.15) is 0 Å². The SMILES string of the molecule is O=C(c1ccccc1)N1C[C@H]2C[C@@H](Br)[C@H]1[C@H]2O. The molecule has 1 saturated carbocycles. The Morgan fingerprint density at radius 1 is 1.35 bits per heavy atom. The Morgan fingerprint density at radius 2 is 2.06 bits per heavy atom. The number of benzene rings is 1. The molecule has 1 amide bonds. The number of halogens is 1. The van der Waals surface area contributed by atoms with E-state index in [2.05, 4.69) is 15.9 Å². The van der Waals surface area contributed by atoms with Crippen LogP contribution < -0.4 is 0 Å². The van der Waals surface area contributed by atoms with E-state index in [9.17, 15) is 9.90 Å². The van der Waals surface area contributed by atoms with Gasteiger partial charge in [0.2, 0.25) is 0 Å². The molecule has 4 atom stereocenters. The van der Waals surface area contributed by atoms with E-state index in [0.29, 0.717) is 12.1 Å². The quantitative estimate of drug-likeness (QED) is 0.801. The molecular weight excluding hydrogens is 282 g/mol. The van der Waals surface area contributed by atoms with Gasteiger partial charge in [-0.25, -0.2) is 0 Å². The van der Waals surface area contributed by atoms with Crippen LogP contribution in [0, 0.1) is 5.92 Å². The third-order valence-corrected chi connectivity index (χ3v) is 4.72. The highest BCUT2D eigenvalue weighted by Crippen LogP contribution is 2.42. The second-order valence-electron chi connectivity index (χ2n) is 4.82. The molecular formula is C13H14BrNO2. The molecule has 0 radical (unpaired) electrons. The smallest absolute Gasteiger partial charge is 0.254 e. The molecule has 0 unspecified atom stereocenters. The van der Waals surface area contributed by atoms with E-state index in [4.69, 9.17) is 0 Å². The van der Waals surface area contributed by atoms with Gasteiger partial charge in [0.15, 0.2) is 0 Å². The van der Waals surface area contributed by atoms with Crippen molar-refractivity contribution in [1.82, 2.24) is 4.90 Å². The zero-order chi connectivity index (χ0) is 12.0. The lowest BCUT2D eigenvalue weighted by Gasteiger charge is -2.30. The Balaban J connectivity index is 1.85. The van der Waals surface area contributed by atoms with Gasteiger partial charge in [-0.15, -0.1) is 0 Å². The Bertz CT molecular complexity index is 436. The summed E-state index contributed by atoms with van der Waals surface area (Å²) < 4.78 is 0. The number of aliphatic hydroxyl groups excluding tert-OH is 1. The highest BCUT2D eigenvalue weighted by atomic mass is 79.9. The monoisotopic (exact) mass is 295 g/mol. The number of alkyl halides is 1. The van der Waals surface area contributed by atoms with Crippen molar-refractivity contribution in [3.05, 3.63) is 35.9 Å². The van der Waals surface area contributed by atoms with Crippen LogP contribution in [-0.4, -0.2) is 39.4 Å². The lowest BCUT2D eigenvalue weighted by atomic mass is 10.1. The second-order valence-corrected chi connectivity index (χ2v) is 5.99. The fourth-order valence-electron chi connectivity index (χ4n) is 2.96. The van der Waals surface area contributed by atoms with Crippen LogP contribution in [0.3, 0.4) is 0 Å². The Labute approximate surface area is 109 Å². The summed E-state index contributed by atoms with van der Waals surface area (Å²) >= 11 is 3.56. The molecule has 2 fully saturated rings. The van der Waals surface area contributed by atoms with E-state index in [-0.39, 0.29) is 28.8 Å². The van der Waals surface area contributed by atoms with Crippen LogP contribution in [0.25, 0.3) is 0 Å². The highest BCUT2D eigenvalue weighted by Gasteiger charge is 2.52. The lowest BCUT2D eigenvalue weighted by Crippen LogP contribution is -2.44. The van der Waals surface area contributed by atoms with E-state index in [1.165, 1.54) is 0 Å². The summed E-state index contributed by atoms with van der Waals surface area (Å²) in [6, 6.07) is 9.21. The fourth-order valence-corrected chi connectivity index (χ4v) is 4.04. The van der Waals surface area contributed by atoms with Crippen molar-refractivity contribution in [3.8, 4) is 0 Å². The standard InChI is InChI=1S/C13H14BrNO2/c14-10-6-9-7-15(11(10)12(9)16)13(17)8-4-2-1-3-5-8/h1-5,9-12,16H,6-7H2/t9-,10-,11+,12+/m1/s1. The molecule has 3 nitrogen and oxygen atoms in total. The van der Waals surface area contributed by atoms with Crippen LogP contribution in [0.5, 0.6) is 0 Å². The molecule has 90 valence electrons. The molecule has 4 heteroatoms. The number of nitrogens with zero attached hydrogens (tertiary/aromatic N) is 1. The highest BCUT2D eigenvalue weighted by molar-refractivity contribution is 9.09. The fraction of sp³-hybridized carbons (Fsp3) is 0.462. The minimum atomic E-state index is -0.368. The van der Waals surface area contributed by atoms with Gasteiger partial charge >= 0.3 is 0 Å². The molecule has 3 rings (SSSR count). The van der Waals surface area contributed by atoms with Crippen molar-refractivity contribution >= 4 is 21.8 Å². The maximum atomic E-state index is 12.3. The molecule has 2 aliphatic rings. The van der Waals surface area contributed by atoms with Gasteiger partial charge in [-0.1, -0.05) is 34.1 Å². The Hall–Kier alpha value is -0.870. The summed E-state index contributed by atoms with van der Waals surface area (Å²) in [4.78, 5) is 14.4. The predicted octanol–water partition coefficient (Wildman–Crippen LogP) is 1.66. The molecule has 1 N–H and O–H groups in total. The molecule has 0 aromatic heterocycles. The van der Waals surface area contributed by atoms with Crippen molar-refractivity contribution in [2.24, 2.45) is 5.92 Å². The van der Waals surface area contributed by atoms with Crippen LogP contribution in [0.15, 0.2) is 30.3 Å². The summed E-state index contributed by atoms with van der Waals surface area (Å²) in [5.41, 5.74) is 0.701. The first-order chi connectivity index (χ1) is 8.18. The van der Waals surface area contributed by atoms with Crippen molar-refractivity contribution < 1.29 is 9.90 Å². The molecule has 1 heterocycles. The van der Waals surface area contributed by atoms with Crippen LogP contribution in [-0.2, 0) is 0 Å². The summed E-state index contributed by atoms with van der Waals surface area (Å²) in [7, 11) is 0. The maximum absolute atomic E-state index is 12.3. The van der Waals surface area contributed by atoms with E-state index in [1.54, 1.807) is 0 Å². The molecule has 1 aromatic rings. The van der Waals surface area contributed by atoms with Gasteiger partial charge in [0, 0.05) is 22.9 Å². The van der Waals surface area contributed by atoms with Gasteiger partial charge in [0.05, 0.1) is 12.1 Å². The molecule has 0 spiro atoms.